The Balaban J connectivity index is 2.22. The van der Waals surface area contributed by atoms with Crippen molar-refractivity contribution >= 4 is 40.7 Å². The number of nitrogens with two attached hydrogens (primary N) is 1. The Bertz CT molecular complexity index is 659. The summed E-state index contributed by atoms with van der Waals surface area (Å²) < 4.78 is 5.57. The zero-order chi connectivity index (χ0) is 14.7. The molecule has 2 rings (SSSR count). The molecular formula is C14H10Cl3NO2. The average Bonchev–Trinajstić information content (AvgIpc) is 2.37. The van der Waals surface area contributed by atoms with E-state index in [0.717, 1.165) is 5.56 Å². The first-order valence-corrected chi connectivity index (χ1v) is 6.77. The Morgan fingerprint density at radius 1 is 1.05 bits per heavy atom. The molecule has 0 saturated heterocycles. The van der Waals surface area contributed by atoms with Gasteiger partial charge in [0.1, 0.15) is 12.4 Å². The van der Waals surface area contributed by atoms with Crippen LogP contribution in [0.4, 0.5) is 0 Å². The van der Waals surface area contributed by atoms with Gasteiger partial charge in [0.05, 0.1) is 5.56 Å². The molecule has 6 heteroatoms. The summed E-state index contributed by atoms with van der Waals surface area (Å²) >= 11 is 17.7. The molecule has 0 aliphatic heterocycles. The van der Waals surface area contributed by atoms with Crippen molar-refractivity contribution in [3.8, 4) is 5.75 Å². The van der Waals surface area contributed by atoms with E-state index in [0.29, 0.717) is 20.8 Å². The highest BCUT2D eigenvalue weighted by Gasteiger charge is 2.11. The summed E-state index contributed by atoms with van der Waals surface area (Å²) in [6.07, 6.45) is 0. The fraction of sp³-hybridized carbons (Fsp3) is 0.0714. The fourth-order valence-corrected chi connectivity index (χ4v) is 2.24. The molecule has 0 atom stereocenters. The van der Waals surface area contributed by atoms with Crippen LogP contribution >= 0.6 is 34.8 Å². The van der Waals surface area contributed by atoms with Gasteiger partial charge in [-0.15, -0.1) is 0 Å². The Labute approximate surface area is 131 Å². The first-order valence-electron chi connectivity index (χ1n) is 5.63. The second-order valence-electron chi connectivity index (χ2n) is 4.03. The molecule has 2 N–H and O–H groups in total. The maximum Gasteiger partial charge on any atom is 0.252 e. The van der Waals surface area contributed by atoms with E-state index in [-0.39, 0.29) is 12.2 Å². The Hall–Kier alpha value is -1.42. The predicted molar refractivity (Wildman–Crippen MR) is 80.8 cm³/mol. The highest BCUT2D eigenvalue weighted by Crippen LogP contribution is 2.26. The highest BCUT2D eigenvalue weighted by molar-refractivity contribution is 6.35. The molecule has 0 heterocycles. The molecule has 0 saturated carbocycles. The summed E-state index contributed by atoms with van der Waals surface area (Å²) in [5.74, 6) is -0.269. The van der Waals surface area contributed by atoms with E-state index < -0.39 is 5.91 Å². The molecular weight excluding hydrogens is 321 g/mol. The molecule has 0 bridgehead atoms. The van der Waals surface area contributed by atoms with Crippen LogP contribution in [0.5, 0.6) is 5.75 Å². The van der Waals surface area contributed by atoms with Crippen molar-refractivity contribution in [3.05, 3.63) is 62.6 Å². The minimum Gasteiger partial charge on any atom is -0.488 e. The van der Waals surface area contributed by atoms with E-state index in [9.17, 15) is 4.79 Å². The van der Waals surface area contributed by atoms with E-state index in [1.165, 1.54) is 12.1 Å². The van der Waals surface area contributed by atoms with E-state index >= 15 is 0 Å². The number of hydrogen-bond donors (Lipinski definition) is 1. The lowest BCUT2D eigenvalue weighted by Gasteiger charge is -2.11. The first-order chi connectivity index (χ1) is 9.47. The van der Waals surface area contributed by atoms with Crippen LogP contribution in [-0.4, -0.2) is 5.91 Å². The molecule has 2 aromatic rings. The first kappa shape index (κ1) is 15.0. The monoisotopic (exact) mass is 329 g/mol. The van der Waals surface area contributed by atoms with Gasteiger partial charge in [0.15, 0.2) is 0 Å². The minimum absolute atomic E-state index is 0.177. The van der Waals surface area contributed by atoms with Gasteiger partial charge in [-0.05, 0) is 30.3 Å². The highest BCUT2D eigenvalue weighted by atomic mass is 35.5. The van der Waals surface area contributed by atoms with Crippen molar-refractivity contribution in [2.75, 3.05) is 0 Å². The van der Waals surface area contributed by atoms with Crippen molar-refractivity contribution in [1.29, 1.82) is 0 Å². The lowest BCUT2D eigenvalue weighted by Crippen LogP contribution is -2.13. The van der Waals surface area contributed by atoms with Gasteiger partial charge in [-0.3, -0.25) is 4.79 Å². The Morgan fingerprint density at radius 3 is 2.35 bits per heavy atom. The van der Waals surface area contributed by atoms with Gasteiger partial charge in [-0.1, -0.05) is 40.9 Å². The number of amides is 1. The number of halogens is 3. The molecule has 0 aliphatic rings. The van der Waals surface area contributed by atoms with E-state index in [1.807, 2.05) is 0 Å². The van der Waals surface area contributed by atoms with Crippen LogP contribution in [-0.2, 0) is 6.61 Å². The number of benzene rings is 2. The summed E-state index contributed by atoms with van der Waals surface area (Å²) in [5.41, 5.74) is 6.28. The van der Waals surface area contributed by atoms with Gasteiger partial charge in [-0.2, -0.15) is 0 Å². The number of hydrogen-bond acceptors (Lipinski definition) is 2. The zero-order valence-corrected chi connectivity index (χ0v) is 12.5. The number of carbonyl (C=O) groups excluding carboxylic acids is 1. The molecule has 0 aliphatic carbocycles. The standard InChI is InChI=1S/C14H10Cl3NO2/c15-9-2-1-8(12(17)5-9)7-20-13-6-10(16)3-4-11(13)14(18)19/h1-6H,7H2,(H2,18,19). The van der Waals surface area contributed by atoms with Crippen LogP contribution in [0.15, 0.2) is 36.4 Å². The second-order valence-corrected chi connectivity index (χ2v) is 5.31. The lowest BCUT2D eigenvalue weighted by molar-refractivity contribution is 0.0996. The third-order valence-electron chi connectivity index (χ3n) is 2.61. The quantitative estimate of drug-likeness (QED) is 0.907. The van der Waals surface area contributed by atoms with Gasteiger partial charge >= 0.3 is 0 Å². The molecule has 0 aromatic heterocycles. The summed E-state index contributed by atoms with van der Waals surface area (Å²) in [6.45, 7) is 0.177. The maximum absolute atomic E-state index is 11.3. The minimum atomic E-state index is -0.584. The molecule has 20 heavy (non-hydrogen) atoms. The van der Waals surface area contributed by atoms with Gasteiger partial charge < -0.3 is 10.5 Å². The van der Waals surface area contributed by atoms with Crippen LogP contribution in [0, 0.1) is 0 Å². The van der Waals surface area contributed by atoms with Gasteiger partial charge in [0.2, 0.25) is 0 Å². The van der Waals surface area contributed by atoms with Crippen molar-refractivity contribution in [3.63, 3.8) is 0 Å². The largest absolute Gasteiger partial charge is 0.488 e. The molecule has 104 valence electrons. The van der Waals surface area contributed by atoms with Gasteiger partial charge in [-0.25, -0.2) is 0 Å². The van der Waals surface area contributed by atoms with E-state index in [4.69, 9.17) is 45.3 Å². The number of carbonyl (C=O) groups is 1. The van der Waals surface area contributed by atoms with Crippen molar-refractivity contribution in [2.24, 2.45) is 5.73 Å². The molecule has 1 amide bonds. The molecule has 3 nitrogen and oxygen atoms in total. The van der Waals surface area contributed by atoms with Gasteiger partial charge in [0, 0.05) is 20.6 Å². The number of primary amides is 1. The summed E-state index contributed by atoms with van der Waals surface area (Å²) in [6, 6.07) is 9.70. The topological polar surface area (TPSA) is 52.3 Å². The van der Waals surface area contributed by atoms with Gasteiger partial charge in [0.25, 0.3) is 5.91 Å². The van der Waals surface area contributed by atoms with Crippen LogP contribution < -0.4 is 10.5 Å². The number of rotatable bonds is 4. The maximum atomic E-state index is 11.3. The van der Waals surface area contributed by atoms with Crippen LogP contribution in [0.3, 0.4) is 0 Å². The summed E-state index contributed by atoms with van der Waals surface area (Å²) in [7, 11) is 0. The van der Waals surface area contributed by atoms with Crippen molar-refractivity contribution in [1.82, 2.24) is 0 Å². The smallest absolute Gasteiger partial charge is 0.252 e. The molecule has 0 unspecified atom stereocenters. The third kappa shape index (κ3) is 3.57. The predicted octanol–water partition coefficient (Wildman–Crippen LogP) is 4.32. The van der Waals surface area contributed by atoms with E-state index in [2.05, 4.69) is 0 Å². The number of ether oxygens (including phenoxy) is 1. The molecule has 0 fully saturated rings. The summed E-state index contributed by atoms with van der Waals surface area (Å²) in [5, 5.41) is 1.48. The van der Waals surface area contributed by atoms with Crippen LogP contribution in [0.25, 0.3) is 0 Å². The Morgan fingerprint density at radius 2 is 1.70 bits per heavy atom. The SMILES string of the molecule is NC(=O)c1ccc(Cl)cc1OCc1ccc(Cl)cc1Cl. The fourth-order valence-electron chi connectivity index (χ4n) is 1.61. The third-order valence-corrected chi connectivity index (χ3v) is 3.43. The average molecular weight is 331 g/mol. The molecule has 0 spiro atoms. The van der Waals surface area contributed by atoms with Crippen molar-refractivity contribution < 1.29 is 9.53 Å². The molecule has 0 radical (unpaired) electrons. The normalized spacial score (nSPS) is 10.3. The van der Waals surface area contributed by atoms with Crippen LogP contribution in [0.2, 0.25) is 15.1 Å². The van der Waals surface area contributed by atoms with E-state index in [1.54, 1.807) is 24.3 Å². The Kier molecular flexibility index (Phi) is 4.76. The van der Waals surface area contributed by atoms with Crippen molar-refractivity contribution in [2.45, 2.75) is 6.61 Å². The summed E-state index contributed by atoms with van der Waals surface area (Å²) in [4.78, 5) is 11.3. The van der Waals surface area contributed by atoms with Crippen LogP contribution in [0.1, 0.15) is 15.9 Å². The second kappa shape index (κ2) is 6.35. The lowest BCUT2D eigenvalue weighted by atomic mass is 10.2. The zero-order valence-electron chi connectivity index (χ0n) is 10.2. The molecule has 2 aromatic carbocycles.